The van der Waals surface area contributed by atoms with Crippen molar-refractivity contribution in [1.82, 2.24) is 15.0 Å². The Morgan fingerprint density at radius 3 is 2.52 bits per heavy atom. The molecule has 224 valence electrons. The largest absolute Gasteiger partial charge is 0.485 e. The lowest BCUT2D eigenvalue weighted by atomic mass is 9.99. The number of fused-ring (bicyclic) bond motifs is 1. The molecule has 0 fully saturated rings. The molecule has 2 aromatic carbocycles. The number of amides is 5. The second kappa shape index (κ2) is 12.9. The molecule has 0 unspecified atom stereocenters. The van der Waals surface area contributed by atoms with Crippen LogP contribution >= 0.6 is 0 Å². The van der Waals surface area contributed by atoms with Gasteiger partial charge < -0.3 is 40.1 Å². The fraction of sp³-hybridized carbons (Fsp3) is 0.379. The summed E-state index contributed by atoms with van der Waals surface area (Å²) in [6.45, 7) is 7.09. The zero-order valence-corrected chi connectivity index (χ0v) is 24.1. The number of aromatic nitrogens is 1. The van der Waals surface area contributed by atoms with Crippen LogP contribution in [0.5, 0.6) is 5.75 Å². The molecular weight excluding hydrogens is 547 g/mol. The summed E-state index contributed by atoms with van der Waals surface area (Å²) in [6, 6.07) is 8.68. The zero-order valence-electron chi connectivity index (χ0n) is 24.1. The van der Waals surface area contributed by atoms with Crippen molar-refractivity contribution >= 4 is 35.0 Å². The van der Waals surface area contributed by atoms with Crippen LogP contribution in [0.15, 0.2) is 47.0 Å². The van der Waals surface area contributed by atoms with Crippen molar-refractivity contribution in [2.45, 2.75) is 39.8 Å². The monoisotopic (exact) mass is 582 g/mol. The average molecular weight is 583 g/mol. The fourth-order valence-corrected chi connectivity index (χ4v) is 4.59. The second-order valence-corrected chi connectivity index (χ2v) is 10.4. The van der Waals surface area contributed by atoms with Gasteiger partial charge in [0, 0.05) is 25.2 Å². The number of aliphatic hydroxyl groups excluding tert-OH is 1. The van der Waals surface area contributed by atoms with E-state index in [-0.39, 0.29) is 48.5 Å². The Morgan fingerprint density at radius 1 is 1.17 bits per heavy atom. The van der Waals surface area contributed by atoms with Gasteiger partial charge in [0.15, 0.2) is 11.5 Å². The number of nitrogens with zero attached hydrogens (tertiary/aromatic N) is 3. The van der Waals surface area contributed by atoms with Crippen molar-refractivity contribution in [3.8, 4) is 5.75 Å². The molecule has 0 saturated heterocycles. The Hall–Kier alpha value is -4.65. The number of rotatable bonds is 7. The molecule has 0 radical (unpaired) electrons. The number of nitrogens with one attached hydrogen (secondary N) is 3. The van der Waals surface area contributed by atoms with Crippen LogP contribution in [0.4, 0.5) is 31.0 Å². The molecule has 0 aliphatic carbocycles. The Morgan fingerprint density at radius 2 is 1.88 bits per heavy atom. The second-order valence-electron chi connectivity index (χ2n) is 10.4. The van der Waals surface area contributed by atoms with E-state index in [1.54, 1.807) is 50.9 Å². The van der Waals surface area contributed by atoms with Crippen LogP contribution in [-0.4, -0.2) is 76.9 Å². The van der Waals surface area contributed by atoms with Gasteiger partial charge in [-0.15, -0.1) is 0 Å². The molecule has 4 rings (SSSR count). The first-order valence-corrected chi connectivity index (χ1v) is 13.5. The highest BCUT2D eigenvalue weighted by molar-refractivity contribution is 6.04. The standard InChI is InChI=1S/C29H35FN6O6/c1-16-13-36(17(2)15-37)27(38)22-7-6-8-23(32-28(39)33-25-18(3)34-42-19(25)4)26(22)41-24(16)14-35(5)29(40)31-21-11-9-20(30)10-12-21/h6-12,16-17,24,37H,13-15H2,1-5H3,(H,31,40)(H2,32,33,39)/t16-,17+,24+/m1/s1. The first kappa shape index (κ1) is 30.3. The third-order valence-electron chi connectivity index (χ3n) is 7.11. The number of anilines is 3. The molecule has 12 nitrogen and oxygen atoms in total. The maximum atomic E-state index is 13.7. The topological polar surface area (TPSA) is 149 Å². The van der Waals surface area contributed by atoms with Gasteiger partial charge in [-0.25, -0.2) is 14.0 Å². The summed E-state index contributed by atoms with van der Waals surface area (Å²) < 4.78 is 24.8. The molecule has 42 heavy (non-hydrogen) atoms. The summed E-state index contributed by atoms with van der Waals surface area (Å²) in [7, 11) is 1.59. The molecular formula is C29H35FN6O6. The normalized spacial score (nSPS) is 17.3. The molecule has 1 aliphatic heterocycles. The quantitative estimate of drug-likeness (QED) is 0.321. The van der Waals surface area contributed by atoms with Crippen molar-refractivity contribution in [1.29, 1.82) is 0 Å². The number of aliphatic hydroxyl groups is 1. The van der Waals surface area contributed by atoms with Crippen molar-refractivity contribution in [2.24, 2.45) is 5.92 Å². The highest BCUT2D eigenvalue weighted by Gasteiger charge is 2.35. The number of hydrogen-bond acceptors (Lipinski definition) is 7. The average Bonchev–Trinajstić information content (AvgIpc) is 3.27. The van der Waals surface area contributed by atoms with E-state index in [0.717, 1.165) is 0 Å². The summed E-state index contributed by atoms with van der Waals surface area (Å²) in [5.41, 5.74) is 1.78. The summed E-state index contributed by atoms with van der Waals surface area (Å²) in [5, 5.41) is 21.9. The third kappa shape index (κ3) is 6.79. The summed E-state index contributed by atoms with van der Waals surface area (Å²) in [6.07, 6.45) is -0.622. The molecule has 1 aromatic heterocycles. The summed E-state index contributed by atoms with van der Waals surface area (Å²) >= 11 is 0. The lowest BCUT2D eigenvalue weighted by molar-refractivity contribution is 0.0373. The van der Waals surface area contributed by atoms with Crippen LogP contribution in [0.1, 0.15) is 35.7 Å². The number of benzene rings is 2. The van der Waals surface area contributed by atoms with Gasteiger partial charge in [-0.1, -0.05) is 18.1 Å². The van der Waals surface area contributed by atoms with Crippen LogP contribution in [0, 0.1) is 25.6 Å². The number of halogens is 1. The molecule has 2 heterocycles. The first-order chi connectivity index (χ1) is 20.0. The van der Waals surface area contributed by atoms with Gasteiger partial charge in [-0.05, 0) is 57.2 Å². The van der Waals surface area contributed by atoms with Gasteiger partial charge in [-0.3, -0.25) is 4.79 Å². The van der Waals surface area contributed by atoms with Crippen LogP contribution < -0.4 is 20.7 Å². The minimum absolute atomic E-state index is 0.114. The molecule has 1 aliphatic rings. The minimum Gasteiger partial charge on any atom is -0.485 e. The van der Waals surface area contributed by atoms with Crippen molar-refractivity contribution in [2.75, 3.05) is 42.7 Å². The Bertz CT molecular complexity index is 1430. The maximum absolute atomic E-state index is 13.7. The van der Waals surface area contributed by atoms with Gasteiger partial charge in [-0.2, -0.15) is 0 Å². The SMILES string of the molecule is Cc1noc(C)c1NC(=O)Nc1cccc2c1O[C@@H](CN(C)C(=O)Nc1ccc(F)cc1)[C@H](C)CN([C@@H](C)CO)C2=O. The highest BCUT2D eigenvalue weighted by Crippen LogP contribution is 2.35. The van der Waals surface area contributed by atoms with Crippen molar-refractivity contribution in [3.05, 3.63) is 65.3 Å². The van der Waals surface area contributed by atoms with Crippen molar-refractivity contribution < 1.29 is 33.1 Å². The first-order valence-electron chi connectivity index (χ1n) is 13.5. The van der Waals surface area contributed by atoms with Crippen LogP contribution in [-0.2, 0) is 0 Å². The van der Waals surface area contributed by atoms with Gasteiger partial charge in [0.2, 0.25) is 0 Å². The molecule has 3 atom stereocenters. The van der Waals surface area contributed by atoms with Gasteiger partial charge in [0.05, 0.1) is 30.4 Å². The highest BCUT2D eigenvalue weighted by atomic mass is 19.1. The third-order valence-corrected chi connectivity index (χ3v) is 7.11. The predicted octanol–water partition coefficient (Wildman–Crippen LogP) is 4.46. The molecule has 3 aromatic rings. The molecule has 4 N–H and O–H groups in total. The smallest absolute Gasteiger partial charge is 0.323 e. The van der Waals surface area contributed by atoms with E-state index in [1.807, 2.05) is 6.92 Å². The van der Waals surface area contributed by atoms with Gasteiger partial charge in [0.1, 0.15) is 23.3 Å². The molecule has 13 heteroatoms. The van der Waals surface area contributed by atoms with Crippen LogP contribution in [0.25, 0.3) is 0 Å². The minimum atomic E-state index is -0.622. The predicted molar refractivity (Wildman–Crippen MR) is 154 cm³/mol. The van der Waals surface area contributed by atoms with E-state index in [0.29, 0.717) is 22.8 Å². The number of aryl methyl sites for hydroxylation is 2. The van der Waals surface area contributed by atoms with E-state index in [2.05, 4.69) is 21.1 Å². The van der Waals surface area contributed by atoms with E-state index < -0.39 is 30.0 Å². The van der Waals surface area contributed by atoms with Crippen LogP contribution in [0.3, 0.4) is 0 Å². The fourth-order valence-electron chi connectivity index (χ4n) is 4.59. The van der Waals surface area contributed by atoms with Gasteiger partial charge in [0.25, 0.3) is 5.91 Å². The number of urea groups is 2. The van der Waals surface area contributed by atoms with E-state index in [9.17, 15) is 23.9 Å². The maximum Gasteiger partial charge on any atom is 0.323 e. The number of ether oxygens (including phenoxy) is 1. The van der Waals surface area contributed by atoms with E-state index >= 15 is 0 Å². The number of carbonyl (C=O) groups is 3. The lowest BCUT2D eigenvalue weighted by Crippen LogP contribution is -2.50. The van der Waals surface area contributed by atoms with Crippen LogP contribution in [0.2, 0.25) is 0 Å². The molecule has 0 saturated carbocycles. The Balaban J connectivity index is 1.62. The molecule has 5 amide bonds. The van der Waals surface area contributed by atoms with Crippen molar-refractivity contribution in [3.63, 3.8) is 0 Å². The zero-order chi connectivity index (χ0) is 30.6. The number of likely N-dealkylation sites (N-methyl/N-ethyl adjacent to an activating group) is 1. The molecule has 0 spiro atoms. The molecule has 0 bridgehead atoms. The number of para-hydroxylation sites is 1. The van der Waals surface area contributed by atoms with E-state index in [4.69, 9.17) is 9.26 Å². The van der Waals surface area contributed by atoms with E-state index in [1.165, 1.54) is 29.2 Å². The Kier molecular flexibility index (Phi) is 9.31. The Labute approximate surface area is 242 Å². The van der Waals surface area contributed by atoms with Gasteiger partial charge >= 0.3 is 12.1 Å². The summed E-state index contributed by atoms with van der Waals surface area (Å²) in [5.74, 6) is -0.509. The number of hydrogen-bond donors (Lipinski definition) is 4. The number of carbonyl (C=O) groups excluding carboxylic acids is 3. The lowest BCUT2D eigenvalue weighted by Gasteiger charge is -2.38. The summed E-state index contributed by atoms with van der Waals surface area (Å²) in [4.78, 5) is 42.6.